The minimum absolute atomic E-state index is 0.0315. The molecule has 0 aliphatic heterocycles. The fourth-order valence-electron chi connectivity index (χ4n) is 1.31. The second-order valence-corrected chi connectivity index (χ2v) is 5.12. The molecule has 0 fully saturated rings. The molecule has 0 spiro atoms. The van der Waals surface area contributed by atoms with E-state index in [4.69, 9.17) is 0 Å². The van der Waals surface area contributed by atoms with Gasteiger partial charge in [-0.2, -0.15) is 0 Å². The van der Waals surface area contributed by atoms with Crippen molar-refractivity contribution in [2.24, 2.45) is 0 Å². The number of nitrogens with one attached hydrogen (secondary N) is 1. The van der Waals surface area contributed by atoms with Gasteiger partial charge in [0.15, 0.2) is 0 Å². The average Bonchev–Trinajstić information content (AvgIpc) is 2.27. The maximum Gasteiger partial charge on any atom is 0.244 e. The average molecular weight is 282 g/mol. The summed E-state index contributed by atoms with van der Waals surface area (Å²) < 4.78 is 0. The Kier molecular flexibility index (Phi) is 5.26. The number of amides is 1. The Balaban J connectivity index is 2.52. The highest BCUT2D eigenvalue weighted by molar-refractivity contribution is 9.09. The van der Waals surface area contributed by atoms with Crippen LogP contribution in [0, 0.1) is 0 Å². The zero-order chi connectivity index (χ0) is 12.0. The van der Waals surface area contributed by atoms with E-state index in [9.17, 15) is 4.79 Å². The van der Waals surface area contributed by atoms with Gasteiger partial charge in [-0.3, -0.25) is 4.79 Å². The van der Waals surface area contributed by atoms with Gasteiger partial charge in [0, 0.05) is 4.83 Å². The van der Waals surface area contributed by atoms with Gasteiger partial charge >= 0.3 is 0 Å². The second-order valence-electron chi connectivity index (χ2n) is 3.68. The minimum Gasteiger partial charge on any atom is -0.346 e. The lowest BCUT2D eigenvalue weighted by molar-refractivity contribution is -0.117. The van der Waals surface area contributed by atoms with Gasteiger partial charge in [-0.05, 0) is 25.5 Å². The van der Waals surface area contributed by atoms with Crippen LogP contribution in [0.4, 0.5) is 0 Å². The highest BCUT2D eigenvalue weighted by Crippen LogP contribution is 2.10. The first-order valence-electron chi connectivity index (χ1n) is 5.27. The molecular weight excluding hydrogens is 266 g/mol. The van der Waals surface area contributed by atoms with Crippen molar-refractivity contribution in [1.29, 1.82) is 0 Å². The minimum atomic E-state index is -0.0670. The van der Waals surface area contributed by atoms with E-state index in [0.717, 1.165) is 5.56 Å². The van der Waals surface area contributed by atoms with Crippen LogP contribution in [0.2, 0.25) is 0 Å². The molecule has 1 rings (SSSR count). The van der Waals surface area contributed by atoms with E-state index in [0.29, 0.717) is 0 Å². The number of halogens is 1. The molecule has 0 aromatic heterocycles. The van der Waals surface area contributed by atoms with Gasteiger partial charge in [0.1, 0.15) is 0 Å². The van der Waals surface area contributed by atoms with E-state index in [1.165, 1.54) is 0 Å². The molecule has 1 aromatic carbocycles. The summed E-state index contributed by atoms with van der Waals surface area (Å²) in [6.07, 6.45) is 3.37. The van der Waals surface area contributed by atoms with Gasteiger partial charge in [0.2, 0.25) is 5.91 Å². The number of alkyl halides is 1. The summed E-state index contributed by atoms with van der Waals surface area (Å²) in [5.74, 6) is -0.0670. The summed E-state index contributed by atoms with van der Waals surface area (Å²) >= 11 is 3.35. The molecule has 86 valence electrons. The molecule has 0 aliphatic rings. The molecule has 0 radical (unpaired) electrons. The van der Waals surface area contributed by atoms with Gasteiger partial charge in [0.05, 0.1) is 6.04 Å². The van der Waals surface area contributed by atoms with Crippen LogP contribution in [0.15, 0.2) is 42.5 Å². The first-order chi connectivity index (χ1) is 7.59. The quantitative estimate of drug-likeness (QED) is 0.667. The van der Waals surface area contributed by atoms with Gasteiger partial charge < -0.3 is 5.32 Å². The second kappa shape index (κ2) is 6.48. The standard InChI is InChI=1S/C13H16BrNO/c1-10(14)8-9-13(16)15-11(2)12-6-4-3-5-7-12/h3-11H,1-2H3,(H,15,16)/b9-8+/t10?,11-/m0/s1. The molecule has 0 saturated carbocycles. The number of hydrogen-bond acceptors (Lipinski definition) is 1. The largest absolute Gasteiger partial charge is 0.346 e. The highest BCUT2D eigenvalue weighted by atomic mass is 79.9. The summed E-state index contributed by atoms with van der Waals surface area (Å²) in [6.45, 7) is 3.93. The molecule has 1 N–H and O–H groups in total. The monoisotopic (exact) mass is 281 g/mol. The van der Waals surface area contributed by atoms with E-state index >= 15 is 0 Å². The summed E-state index contributed by atoms with van der Waals surface area (Å²) in [6, 6.07) is 9.93. The zero-order valence-electron chi connectivity index (χ0n) is 9.48. The van der Waals surface area contributed by atoms with Crippen LogP contribution < -0.4 is 5.32 Å². The fraction of sp³-hybridized carbons (Fsp3) is 0.308. The van der Waals surface area contributed by atoms with Crippen LogP contribution in [-0.2, 0) is 4.79 Å². The lowest BCUT2D eigenvalue weighted by Crippen LogP contribution is -2.24. The van der Waals surface area contributed by atoms with E-state index in [1.54, 1.807) is 6.08 Å². The summed E-state index contributed by atoms with van der Waals surface area (Å²) in [4.78, 5) is 11.7. The Morgan fingerprint density at radius 1 is 1.31 bits per heavy atom. The van der Waals surface area contributed by atoms with E-state index in [1.807, 2.05) is 50.3 Å². The van der Waals surface area contributed by atoms with Crippen LogP contribution in [0.5, 0.6) is 0 Å². The lowest BCUT2D eigenvalue weighted by atomic mass is 10.1. The highest BCUT2D eigenvalue weighted by Gasteiger charge is 2.06. The van der Waals surface area contributed by atoms with Crippen LogP contribution in [0.3, 0.4) is 0 Å². The molecular formula is C13H16BrNO. The zero-order valence-corrected chi connectivity index (χ0v) is 11.1. The fourth-order valence-corrected chi connectivity index (χ4v) is 1.46. The van der Waals surface area contributed by atoms with Gasteiger partial charge in [0.25, 0.3) is 0 Å². The third-order valence-corrected chi connectivity index (χ3v) is 2.48. The van der Waals surface area contributed by atoms with Crippen LogP contribution >= 0.6 is 15.9 Å². The number of benzene rings is 1. The van der Waals surface area contributed by atoms with E-state index in [-0.39, 0.29) is 16.8 Å². The molecule has 1 unspecified atom stereocenters. The van der Waals surface area contributed by atoms with E-state index < -0.39 is 0 Å². The number of hydrogen-bond donors (Lipinski definition) is 1. The van der Waals surface area contributed by atoms with Crippen LogP contribution in [-0.4, -0.2) is 10.7 Å². The Labute approximate surface area is 105 Å². The van der Waals surface area contributed by atoms with Crippen molar-refractivity contribution in [3.8, 4) is 0 Å². The summed E-state index contributed by atoms with van der Waals surface area (Å²) in [5, 5.41) is 2.90. The summed E-state index contributed by atoms with van der Waals surface area (Å²) in [7, 11) is 0. The SMILES string of the molecule is CC(Br)/C=C/C(=O)N[C@@H](C)c1ccccc1. The van der Waals surface area contributed by atoms with Crippen molar-refractivity contribution in [3.63, 3.8) is 0 Å². The molecule has 0 bridgehead atoms. The molecule has 3 heteroatoms. The van der Waals surface area contributed by atoms with Crippen molar-refractivity contribution in [2.75, 3.05) is 0 Å². The van der Waals surface area contributed by atoms with Crippen molar-refractivity contribution in [3.05, 3.63) is 48.0 Å². The van der Waals surface area contributed by atoms with Crippen molar-refractivity contribution < 1.29 is 4.79 Å². The van der Waals surface area contributed by atoms with Gasteiger partial charge in [-0.15, -0.1) is 0 Å². The van der Waals surface area contributed by atoms with Gasteiger partial charge in [-0.25, -0.2) is 0 Å². The van der Waals surface area contributed by atoms with Crippen molar-refractivity contribution >= 4 is 21.8 Å². The molecule has 0 saturated heterocycles. The van der Waals surface area contributed by atoms with Gasteiger partial charge in [-0.1, -0.05) is 52.3 Å². The third-order valence-electron chi connectivity index (χ3n) is 2.17. The number of carbonyl (C=O) groups is 1. The van der Waals surface area contributed by atoms with Crippen LogP contribution in [0.1, 0.15) is 25.5 Å². The maximum atomic E-state index is 11.5. The molecule has 2 atom stereocenters. The Morgan fingerprint density at radius 3 is 2.50 bits per heavy atom. The lowest BCUT2D eigenvalue weighted by Gasteiger charge is -2.12. The van der Waals surface area contributed by atoms with Crippen molar-refractivity contribution in [2.45, 2.75) is 24.7 Å². The molecule has 0 aliphatic carbocycles. The van der Waals surface area contributed by atoms with E-state index in [2.05, 4.69) is 21.2 Å². The summed E-state index contributed by atoms with van der Waals surface area (Å²) in [5.41, 5.74) is 1.11. The molecule has 1 aromatic rings. The molecule has 1 amide bonds. The topological polar surface area (TPSA) is 29.1 Å². The first-order valence-corrected chi connectivity index (χ1v) is 6.19. The molecule has 2 nitrogen and oxygen atoms in total. The smallest absolute Gasteiger partial charge is 0.244 e. The molecule has 16 heavy (non-hydrogen) atoms. The maximum absolute atomic E-state index is 11.5. The molecule has 0 heterocycles. The number of rotatable bonds is 4. The Morgan fingerprint density at radius 2 is 1.94 bits per heavy atom. The number of carbonyl (C=O) groups excluding carboxylic acids is 1. The Hall–Kier alpha value is -1.09. The normalized spacial score (nSPS) is 14.7. The predicted octanol–water partition coefficient (Wildman–Crippen LogP) is 3.20. The number of allylic oxidation sites excluding steroid dienone is 1. The first kappa shape index (κ1) is 13.0. The van der Waals surface area contributed by atoms with Crippen molar-refractivity contribution in [1.82, 2.24) is 5.32 Å². The van der Waals surface area contributed by atoms with Crippen LogP contribution in [0.25, 0.3) is 0 Å². The third kappa shape index (κ3) is 4.62. The Bertz CT molecular complexity index is 359. The predicted molar refractivity (Wildman–Crippen MR) is 70.5 cm³/mol.